The maximum atomic E-state index is 5.72. The predicted octanol–water partition coefficient (Wildman–Crippen LogP) is 1.23. The predicted molar refractivity (Wildman–Crippen MR) is 47.3 cm³/mol. The molecular formula is C7H11N3S. The highest BCUT2D eigenvalue weighted by Gasteiger charge is 2.19. The molecule has 11 heavy (non-hydrogen) atoms. The summed E-state index contributed by atoms with van der Waals surface area (Å²) >= 11 is 1.91. The van der Waals surface area contributed by atoms with Gasteiger partial charge in [-0.25, -0.2) is 0 Å². The van der Waals surface area contributed by atoms with Crippen molar-refractivity contribution in [2.24, 2.45) is 0 Å². The van der Waals surface area contributed by atoms with Gasteiger partial charge in [-0.3, -0.25) is 4.68 Å². The van der Waals surface area contributed by atoms with Crippen molar-refractivity contribution in [1.29, 1.82) is 0 Å². The van der Waals surface area contributed by atoms with Crippen LogP contribution in [0.1, 0.15) is 18.2 Å². The molecule has 0 bridgehead atoms. The van der Waals surface area contributed by atoms with Crippen molar-refractivity contribution in [3.05, 3.63) is 11.3 Å². The van der Waals surface area contributed by atoms with Crippen molar-refractivity contribution >= 4 is 17.6 Å². The van der Waals surface area contributed by atoms with Crippen LogP contribution in [0.5, 0.6) is 0 Å². The fourth-order valence-corrected chi connectivity index (χ4v) is 2.52. The largest absolute Gasteiger partial charge is 0.382 e. The summed E-state index contributed by atoms with van der Waals surface area (Å²) in [7, 11) is 0. The average molecular weight is 169 g/mol. The number of nitrogens with two attached hydrogens (primary N) is 1. The monoisotopic (exact) mass is 169 g/mol. The third-order valence-corrected chi connectivity index (χ3v) is 2.95. The normalized spacial score (nSPS) is 15.4. The molecule has 1 aromatic rings. The first-order valence-corrected chi connectivity index (χ1v) is 4.90. The van der Waals surface area contributed by atoms with Crippen LogP contribution >= 0.6 is 11.8 Å². The maximum absolute atomic E-state index is 5.72. The Morgan fingerprint density at radius 1 is 1.64 bits per heavy atom. The first kappa shape index (κ1) is 7.03. The number of hydrogen-bond acceptors (Lipinski definition) is 3. The lowest BCUT2D eigenvalue weighted by Crippen LogP contribution is -2.00. The minimum atomic E-state index is 0.729. The van der Waals surface area contributed by atoms with Crippen LogP contribution in [-0.4, -0.2) is 9.78 Å². The van der Waals surface area contributed by atoms with Gasteiger partial charge in [0.05, 0.1) is 5.69 Å². The molecule has 4 heteroatoms. The molecule has 60 valence electrons. The lowest BCUT2D eigenvalue weighted by Gasteiger charge is -1.97. The number of rotatable bonds is 1. The van der Waals surface area contributed by atoms with Crippen LogP contribution in [0.15, 0.2) is 0 Å². The van der Waals surface area contributed by atoms with Gasteiger partial charge >= 0.3 is 0 Å². The number of aromatic nitrogens is 2. The van der Waals surface area contributed by atoms with E-state index >= 15 is 0 Å². The first-order valence-electron chi connectivity index (χ1n) is 3.74. The zero-order chi connectivity index (χ0) is 7.84. The molecule has 0 amide bonds. The van der Waals surface area contributed by atoms with E-state index < -0.39 is 0 Å². The fraction of sp³-hybridized carbons (Fsp3) is 0.571. The smallest absolute Gasteiger partial charge is 0.149 e. The lowest BCUT2D eigenvalue weighted by atomic mass is 10.3. The number of anilines is 1. The standard InChI is InChI=1S/C7H11N3S/c1-2-10-6-4-11-3-5(6)7(8)9-10/h2-4H2,1H3,(H2,8,9). The second kappa shape index (κ2) is 2.44. The van der Waals surface area contributed by atoms with E-state index in [9.17, 15) is 0 Å². The number of aryl methyl sites for hydroxylation is 1. The number of nitrogen functional groups attached to an aromatic ring is 1. The minimum Gasteiger partial charge on any atom is -0.382 e. The Hall–Kier alpha value is -0.640. The molecule has 3 nitrogen and oxygen atoms in total. The number of fused-ring (bicyclic) bond motifs is 1. The van der Waals surface area contributed by atoms with Gasteiger partial charge in [-0.05, 0) is 6.92 Å². The Balaban J connectivity index is 2.52. The highest BCUT2D eigenvalue weighted by Crippen LogP contribution is 2.33. The molecule has 0 fully saturated rings. The maximum Gasteiger partial charge on any atom is 0.149 e. The summed E-state index contributed by atoms with van der Waals surface area (Å²) in [4.78, 5) is 0. The molecule has 0 saturated heterocycles. The third kappa shape index (κ3) is 0.929. The lowest BCUT2D eigenvalue weighted by molar-refractivity contribution is 0.640. The summed E-state index contributed by atoms with van der Waals surface area (Å²) in [5.74, 6) is 2.85. The van der Waals surface area contributed by atoms with Crippen LogP contribution in [0.4, 0.5) is 5.82 Å². The molecule has 1 aliphatic rings. The van der Waals surface area contributed by atoms with Gasteiger partial charge < -0.3 is 5.73 Å². The minimum absolute atomic E-state index is 0.729. The molecule has 0 aromatic carbocycles. The van der Waals surface area contributed by atoms with Gasteiger partial charge in [0.1, 0.15) is 5.82 Å². The molecule has 1 aliphatic heterocycles. The average Bonchev–Trinajstić information content (AvgIpc) is 2.54. The van der Waals surface area contributed by atoms with Crippen molar-refractivity contribution in [1.82, 2.24) is 9.78 Å². The molecule has 2 heterocycles. The molecule has 0 unspecified atom stereocenters. The highest BCUT2D eigenvalue weighted by molar-refractivity contribution is 7.98. The number of thioether (sulfide) groups is 1. The first-order chi connectivity index (χ1) is 5.33. The van der Waals surface area contributed by atoms with E-state index in [-0.39, 0.29) is 0 Å². The van der Waals surface area contributed by atoms with E-state index in [0.717, 1.165) is 23.9 Å². The molecule has 0 spiro atoms. The molecule has 2 N–H and O–H groups in total. The Labute approximate surface area is 70.0 Å². The molecule has 0 aliphatic carbocycles. The van der Waals surface area contributed by atoms with Gasteiger partial charge in [-0.15, -0.1) is 0 Å². The Morgan fingerprint density at radius 3 is 3.18 bits per heavy atom. The Kier molecular flexibility index (Phi) is 1.56. The molecule has 1 aromatic heterocycles. The van der Waals surface area contributed by atoms with E-state index in [4.69, 9.17) is 5.73 Å². The van der Waals surface area contributed by atoms with Gasteiger partial charge in [0.2, 0.25) is 0 Å². The second-order valence-electron chi connectivity index (χ2n) is 2.62. The van der Waals surface area contributed by atoms with Crippen LogP contribution in [0.25, 0.3) is 0 Å². The Bertz CT molecular complexity index is 279. The van der Waals surface area contributed by atoms with Gasteiger partial charge in [-0.2, -0.15) is 16.9 Å². The van der Waals surface area contributed by atoms with Crippen LogP contribution in [-0.2, 0) is 18.1 Å². The van der Waals surface area contributed by atoms with Crippen LogP contribution in [0, 0.1) is 0 Å². The molecule has 0 saturated carbocycles. The van der Waals surface area contributed by atoms with Gasteiger partial charge in [-0.1, -0.05) is 0 Å². The molecule has 2 rings (SSSR count). The van der Waals surface area contributed by atoms with E-state index in [0.29, 0.717) is 0 Å². The SMILES string of the molecule is CCn1nc(N)c2c1CSC2. The summed E-state index contributed by atoms with van der Waals surface area (Å²) < 4.78 is 2.00. The molecule has 0 radical (unpaired) electrons. The third-order valence-electron chi connectivity index (χ3n) is 1.98. The topological polar surface area (TPSA) is 43.8 Å². The van der Waals surface area contributed by atoms with Crippen LogP contribution < -0.4 is 5.73 Å². The molecular weight excluding hydrogens is 158 g/mol. The highest BCUT2D eigenvalue weighted by atomic mass is 32.2. The van der Waals surface area contributed by atoms with E-state index in [2.05, 4.69) is 12.0 Å². The van der Waals surface area contributed by atoms with E-state index in [1.54, 1.807) is 0 Å². The quantitative estimate of drug-likeness (QED) is 0.687. The Morgan fingerprint density at radius 2 is 2.45 bits per heavy atom. The summed E-state index contributed by atoms with van der Waals surface area (Å²) in [6.07, 6.45) is 0. The van der Waals surface area contributed by atoms with Crippen molar-refractivity contribution in [2.75, 3.05) is 5.73 Å². The van der Waals surface area contributed by atoms with Gasteiger partial charge in [0.15, 0.2) is 0 Å². The van der Waals surface area contributed by atoms with Crippen LogP contribution in [0.3, 0.4) is 0 Å². The summed E-state index contributed by atoms with van der Waals surface area (Å²) in [5, 5.41) is 4.23. The summed E-state index contributed by atoms with van der Waals surface area (Å²) in [6, 6.07) is 0. The van der Waals surface area contributed by atoms with Crippen molar-refractivity contribution < 1.29 is 0 Å². The van der Waals surface area contributed by atoms with E-state index in [1.807, 2.05) is 16.4 Å². The van der Waals surface area contributed by atoms with Gasteiger partial charge in [0.25, 0.3) is 0 Å². The zero-order valence-corrected chi connectivity index (χ0v) is 7.32. The fourth-order valence-electron chi connectivity index (χ4n) is 1.38. The van der Waals surface area contributed by atoms with Crippen molar-refractivity contribution in [3.8, 4) is 0 Å². The second-order valence-corrected chi connectivity index (χ2v) is 3.60. The van der Waals surface area contributed by atoms with E-state index in [1.165, 1.54) is 11.3 Å². The van der Waals surface area contributed by atoms with Crippen molar-refractivity contribution in [3.63, 3.8) is 0 Å². The summed E-state index contributed by atoms with van der Waals surface area (Å²) in [6.45, 7) is 3.02. The van der Waals surface area contributed by atoms with Gasteiger partial charge in [0, 0.05) is 23.6 Å². The molecule has 0 atom stereocenters. The zero-order valence-electron chi connectivity index (χ0n) is 6.50. The van der Waals surface area contributed by atoms with Crippen LogP contribution in [0.2, 0.25) is 0 Å². The number of hydrogen-bond donors (Lipinski definition) is 1. The summed E-state index contributed by atoms with van der Waals surface area (Å²) in [5.41, 5.74) is 8.31. The van der Waals surface area contributed by atoms with Crippen molar-refractivity contribution in [2.45, 2.75) is 25.0 Å². The number of nitrogens with zero attached hydrogens (tertiary/aromatic N) is 2.